The molecular formula is C12H16N2O3S2. The summed E-state index contributed by atoms with van der Waals surface area (Å²) in [5.74, 6) is 1.38. The Labute approximate surface area is 116 Å². The Bertz CT molecular complexity index is 658. The third-order valence-corrected chi connectivity index (χ3v) is 5.71. The Kier molecular flexibility index (Phi) is 4.10. The molecule has 0 atom stereocenters. The summed E-state index contributed by atoms with van der Waals surface area (Å²) in [6.45, 7) is 2.25. The van der Waals surface area contributed by atoms with Crippen LogP contribution in [-0.2, 0) is 23.1 Å². The maximum absolute atomic E-state index is 12.4. The fraction of sp³-hybridized carbons (Fsp3) is 0.333. The molecule has 2 aromatic heterocycles. The van der Waals surface area contributed by atoms with E-state index in [1.165, 1.54) is 22.7 Å². The average molecular weight is 300 g/mol. The van der Waals surface area contributed by atoms with Gasteiger partial charge in [-0.25, -0.2) is 8.42 Å². The summed E-state index contributed by atoms with van der Waals surface area (Å²) in [4.78, 5) is 0.952. The summed E-state index contributed by atoms with van der Waals surface area (Å²) in [6.07, 6.45) is 0. The topological polar surface area (TPSA) is 76.5 Å². The molecule has 7 heteroatoms. The van der Waals surface area contributed by atoms with Crippen LogP contribution < -0.4 is 5.73 Å². The Morgan fingerprint density at radius 2 is 2.11 bits per heavy atom. The Hall–Kier alpha value is -1.15. The molecule has 0 spiro atoms. The van der Waals surface area contributed by atoms with Crippen molar-refractivity contribution in [1.29, 1.82) is 0 Å². The molecule has 2 heterocycles. The van der Waals surface area contributed by atoms with Crippen molar-refractivity contribution < 1.29 is 12.8 Å². The van der Waals surface area contributed by atoms with E-state index in [-0.39, 0.29) is 18.0 Å². The smallest absolute Gasteiger partial charge is 0.244 e. The lowest BCUT2D eigenvalue weighted by atomic mass is 10.4. The Balaban J connectivity index is 2.24. The SMILES string of the molecule is Cc1ccc(CN(C)S(=O)(=O)c2ccsc2CN)o1. The molecule has 0 amide bonds. The second kappa shape index (κ2) is 5.46. The first-order valence-corrected chi connectivity index (χ1v) is 8.05. The van der Waals surface area contributed by atoms with Crippen LogP contribution in [0.5, 0.6) is 0 Å². The van der Waals surface area contributed by atoms with Crippen molar-refractivity contribution in [2.45, 2.75) is 24.9 Å². The molecule has 0 radical (unpaired) electrons. The lowest BCUT2D eigenvalue weighted by Gasteiger charge is -2.16. The maximum atomic E-state index is 12.4. The van der Waals surface area contributed by atoms with E-state index >= 15 is 0 Å². The zero-order chi connectivity index (χ0) is 14.0. The highest BCUT2D eigenvalue weighted by atomic mass is 32.2. The highest BCUT2D eigenvalue weighted by molar-refractivity contribution is 7.89. The van der Waals surface area contributed by atoms with Crippen molar-refractivity contribution in [1.82, 2.24) is 4.31 Å². The van der Waals surface area contributed by atoms with E-state index in [0.717, 1.165) is 5.76 Å². The predicted octanol–water partition coefficient (Wildman–Crippen LogP) is 1.93. The van der Waals surface area contributed by atoms with Gasteiger partial charge in [-0.1, -0.05) is 0 Å². The maximum Gasteiger partial charge on any atom is 0.244 e. The quantitative estimate of drug-likeness (QED) is 0.915. The van der Waals surface area contributed by atoms with Crippen molar-refractivity contribution >= 4 is 21.4 Å². The molecule has 19 heavy (non-hydrogen) atoms. The van der Waals surface area contributed by atoms with Gasteiger partial charge in [0.15, 0.2) is 0 Å². The fourth-order valence-corrected chi connectivity index (χ4v) is 4.19. The minimum absolute atomic E-state index is 0.204. The van der Waals surface area contributed by atoms with Crippen LogP contribution in [0.3, 0.4) is 0 Å². The van der Waals surface area contributed by atoms with Gasteiger partial charge >= 0.3 is 0 Å². The largest absolute Gasteiger partial charge is 0.465 e. The lowest BCUT2D eigenvalue weighted by molar-refractivity contribution is 0.397. The monoisotopic (exact) mass is 300 g/mol. The van der Waals surface area contributed by atoms with E-state index in [4.69, 9.17) is 10.2 Å². The minimum Gasteiger partial charge on any atom is -0.465 e. The summed E-state index contributed by atoms with van der Waals surface area (Å²) < 4.78 is 31.5. The van der Waals surface area contributed by atoms with E-state index in [0.29, 0.717) is 10.6 Å². The van der Waals surface area contributed by atoms with Crippen molar-refractivity contribution in [3.05, 3.63) is 40.0 Å². The standard InChI is InChI=1S/C12H16N2O3S2/c1-9-3-4-10(17-9)8-14(2)19(15,16)12-5-6-18-11(12)7-13/h3-6H,7-8,13H2,1-2H3. The molecule has 0 aliphatic carbocycles. The summed E-state index contributed by atoms with van der Waals surface area (Å²) in [6, 6.07) is 5.18. The summed E-state index contributed by atoms with van der Waals surface area (Å²) >= 11 is 1.35. The second-order valence-electron chi connectivity index (χ2n) is 4.19. The third kappa shape index (κ3) is 2.89. The predicted molar refractivity (Wildman–Crippen MR) is 74.3 cm³/mol. The molecule has 0 unspecified atom stereocenters. The summed E-state index contributed by atoms with van der Waals surface area (Å²) in [5.41, 5.74) is 5.56. The molecular weight excluding hydrogens is 284 g/mol. The van der Waals surface area contributed by atoms with Gasteiger partial charge in [0.25, 0.3) is 0 Å². The molecule has 0 bridgehead atoms. The minimum atomic E-state index is -3.52. The molecule has 2 N–H and O–H groups in total. The first-order chi connectivity index (χ1) is 8.95. The number of sulfonamides is 1. The Morgan fingerprint density at radius 3 is 2.68 bits per heavy atom. The highest BCUT2D eigenvalue weighted by Crippen LogP contribution is 2.25. The van der Waals surface area contributed by atoms with E-state index < -0.39 is 10.0 Å². The second-order valence-corrected chi connectivity index (χ2v) is 7.20. The van der Waals surface area contributed by atoms with Gasteiger partial charge in [-0.2, -0.15) is 4.31 Å². The van der Waals surface area contributed by atoms with Gasteiger partial charge in [-0.3, -0.25) is 0 Å². The number of hydrogen-bond donors (Lipinski definition) is 1. The number of furan rings is 1. The molecule has 5 nitrogen and oxygen atoms in total. The van der Waals surface area contributed by atoms with Crippen molar-refractivity contribution in [2.75, 3.05) is 7.05 Å². The number of aryl methyl sites for hydroxylation is 1. The fourth-order valence-electron chi connectivity index (χ4n) is 1.75. The molecule has 2 aromatic rings. The van der Waals surface area contributed by atoms with Crippen LogP contribution in [0.2, 0.25) is 0 Å². The van der Waals surface area contributed by atoms with Gasteiger partial charge in [-0.05, 0) is 30.5 Å². The molecule has 2 rings (SSSR count). The van der Waals surface area contributed by atoms with Gasteiger partial charge in [0.05, 0.1) is 11.4 Å². The van der Waals surface area contributed by atoms with E-state index in [2.05, 4.69) is 0 Å². The van der Waals surface area contributed by atoms with Gasteiger partial charge in [0, 0.05) is 18.5 Å². The number of hydrogen-bond acceptors (Lipinski definition) is 5. The third-order valence-electron chi connectivity index (χ3n) is 2.75. The molecule has 0 aliphatic heterocycles. The highest BCUT2D eigenvalue weighted by Gasteiger charge is 2.25. The van der Waals surface area contributed by atoms with Crippen LogP contribution in [-0.4, -0.2) is 19.8 Å². The van der Waals surface area contributed by atoms with E-state index in [9.17, 15) is 8.42 Å². The van der Waals surface area contributed by atoms with Crippen molar-refractivity contribution in [2.24, 2.45) is 5.73 Å². The molecule has 104 valence electrons. The molecule has 0 aliphatic rings. The first kappa shape index (κ1) is 14.3. The molecule has 0 saturated carbocycles. The number of nitrogens with two attached hydrogens (primary N) is 1. The van der Waals surface area contributed by atoms with Crippen molar-refractivity contribution in [3.8, 4) is 0 Å². The van der Waals surface area contributed by atoms with Crippen LogP contribution >= 0.6 is 11.3 Å². The number of nitrogens with zero attached hydrogens (tertiary/aromatic N) is 1. The molecule has 0 fully saturated rings. The van der Waals surface area contributed by atoms with Gasteiger partial charge < -0.3 is 10.2 Å². The number of thiophene rings is 1. The molecule has 0 aromatic carbocycles. The van der Waals surface area contributed by atoms with Crippen LogP contribution in [0.1, 0.15) is 16.4 Å². The zero-order valence-electron chi connectivity index (χ0n) is 10.8. The number of rotatable bonds is 5. The van der Waals surface area contributed by atoms with E-state index in [1.54, 1.807) is 17.5 Å². The van der Waals surface area contributed by atoms with Crippen LogP contribution in [0, 0.1) is 6.92 Å². The molecule has 0 saturated heterocycles. The van der Waals surface area contributed by atoms with E-state index in [1.807, 2.05) is 13.0 Å². The van der Waals surface area contributed by atoms with Crippen LogP contribution in [0.25, 0.3) is 0 Å². The van der Waals surface area contributed by atoms with Crippen LogP contribution in [0.15, 0.2) is 32.9 Å². The van der Waals surface area contributed by atoms with Gasteiger partial charge in [0.1, 0.15) is 11.5 Å². The summed E-state index contributed by atoms with van der Waals surface area (Å²) in [7, 11) is -1.99. The van der Waals surface area contributed by atoms with Gasteiger partial charge in [0.2, 0.25) is 10.0 Å². The normalized spacial score (nSPS) is 12.2. The zero-order valence-corrected chi connectivity index (χ0v) is 12.4. The summed E-state index contributed by atoms with van der Waals surface area (Å²) in [5, 5.41) is 1.74. The first-order valence-electron chi connectivity index (χ1n) is 5.73. The van der Waals surface area contributed by atoms with Crippen LogP contribution in [0.4, 0.5) is 0 Å². The lowest BCUT2D eigenvalue weighted by Crippen LogP contribution is -2.27. The van der Waals surface area contributed by atoms with Gasteiger partial charge in [-0.15, -0.1) is 11.3 Å². The van der Waals surface area contributed by atoms with Crippen molar-refractivity contribution in [3.63, 3.8) is 0 Å². The Morgan fingerprint density at radius 1 is 1.37 bits per heavy atom. The average Bonchev–Trinajstić information content (AvgIpc) is 2.97.